The van der Waals surface area contributed by atoms with Crippen molar-refractivity contribution in [3.63, 3.8) is 0 Å². The summed E-state index contributed by atoms with van der Waals surface area (Å²) in [5, 5.41) is 2.90. The number of carbonyl (C=O) groups excluding carboxylic acids is 2. The lowest BCUT2D eigenvalue weighted by Gasteiger charge is -2.30. The molecule has 0 bridgehead atoms. The molecule has 0 saturated heterocycles. The first-order valence-electron chi connectivity index (χ1n) is 9.24. The summed E-state index contributed by atoms with van der Waals surface area (Å²) in [5.41, 5.74) is 3.23. The van der Waals surface area contributed by atoms with E-state index in [2.05, 4.69) is 10.3 Å². The van der Waals surface area contributed by atoms with E-state index in [1.165, 1.54) is 0 Å². The molecule has 1 unspecified atom stereocenters. The van der Waals surface area contributed by atoms with Gasteiger partial charge in [-0.1, -0.05) is 12.1 Å². The van der Waals surface area contributed by atoms with Crippen LogP contribution in [0.2, 0.25) is 0 Å². The van der Waals surface area contributed by atoms with Crippen LogP contribution in [0.1, 0.15) is 19.2 Å². The molecule has 144 valence electrons. The van der Waals surface area contributed by atoms with Crippen LogP contribution in [-0.4, -0.2) is 34.5 Å². The molecule has 1 aliphatic heterocycles. The second kappa shape index (κ2) is 6.99. The van der Waals surface area contributed by atoms with Gasteiger partial charge in [0.05, 0.1) is 16.7 Å². The summed E-state index contributed by atoms with van der Waals surface area (Å²) in [6.07, 6.45) is -0.188. The largest absolute Gasteiger partial charge is 0.479 e. The molecule has 0 aliphatic carbocycles. The van der Waals surface area contributed by atoms with Gasteiger partial charge in [-0.15, -0.1) is 0 Å². The molecule has 2 amide bonds. The van der Waals surface area contributed by atoms with Crippen molar-refractivity contribution in [3.05, 3.63) is 48.3 Å². The molecule has 1 aliphatic rings. The Morgan fingerprint density at radius 2 is 2.04 bits per heavy atom. The van der Waals surface area contributed by atoms with Crippen LogP contribution in [0.5, 0.6) is 5.75 Å². The summed E-state index contributed by atoms with van der Waals surface area (Å²) in [7, 11) is 1.71. The van der Waals surface area contributed by atoms with Crippen LogP contribution in [0.3, 0.4) is 0 Å². The van der Waals surface area contributed by atoms with Gasteiger partial charge in [-0.2, -0.15) is 0 Å². The van der Waals surface area contributed by atoms with Gasteiger partial charge < -0.3 is 19.5 Å². The van der Waals surface area contributed by atoms with Gasteiger partial charge in [-0.3, -0.25) is 9.59 Å². The Hall–Kier alpha value is -3.35. The molecule has 4 rings (SSSR count). The van der Waals surface area contributed by atoms with Crippen molar-refractivity contribution in [2.75, 3.05) is 17.3 Å². The van der Waals surface area contributed by atoms with Crippen molar-refractivity contribution in [2.45, 2.75) is 32.9 Å². The lowest BCUT2D eigenvalue weighted by molar-refractivity contribution is -0.125. The van der Waals surface area contributed by atoms with Gasteiger partial charge in [0, 0.05) is 25.7 Å². The van der Waals surface area contributed by atoms with Crippen LogP contribution >= 0.6 is 0 Å². The molecule has 2 aromatic carbocycles. The van der Waals surface area contributed by atoms with Crippen molar-refractivity contribution in [2.24, 2.45) is 0 Å². The summed E-state index contributed by atoms with van der Waals surface area (Å²) in [4.78, 5) is 30.6. The fourth-order valence-electron chi connectivity index (χ4n) is 3.50. The van der Waals surface area contributed by atoms with E-state index in [1.54, 1.807) is 37.1 Å². The Morgan fingerprint density at radius 3 is 2.86 bits per heavy atom. The number of benzene rings is 2. The normalized spacial score (nSPS) is 16.0. The lowest BCUT2D eigenvalue weighted by atomic mass is 10.2. The minimum atomic E-state index is -0.508. The standard InChI is InChI=1S/C21H22N4O3/c1-13-21(27)24(3)18-12-15(8-9-19(18)28-13)23-20(26)10-11-25-14(2)22-16-6-4-5-7-17(16)25/h4-9,12-13H,10-11H2,1-3H3,(H,23,26). The van der Waals surface area contributed by atoms with Gasteiger partial charge in [-0.05, 0) is 44.2 Å². The summed E-state index contributed by atoms with van der Waals surface area (Å²) < 4.78 is 7.66. The molecule has 0 fully saturated rings. The summed E-state index contributed by atoms with van der Waals surface area (Å²) in [6, 6.07) is 13.2. The van der Waals surface area contributed by atoms with Crippen LogP contribution in [-0.2, 0) is 16.1 Å². The number of imidazole rings is 1. The fraction of sp³-hybridized carbons (Fsp3) is 0.286. The second-order valence-electron chi connectivity index (χ2n) is 6.94. The number of anilines is 2. The number of likely N-dealkylation sites (N-methyl/N-ethyl adjacent to an activating group) is 1. The third-order valence-electron chi connectivity index (χ3n) is 4.99. The summed E-state index contributed by atoms with van der Waals surface area (Å²) in [6.45, 7) is 4.20. The third kappa shape index (κ3) is 3.19. The minimum absolute atomic E-state index is 0.101. The number of nitrogens with zero attached hydrogens (tertiary/aromatic N) is 3. The van der Waals surface area contributed by atoms with Crippen molar-refractivity contribution < 1.29 is 14.3 Å². The zero-order valence-corrected chi connectivity index (χ0v) is 16.1. The maximum absolute atomic E-state index is 12.5. The van der Waals surface area contributed by atoms with E-state index >= 15 is 0 Å². The number of ether oxygens (including phenoxy) is 1. The number of rotatable bonds is 4. The number of fused-ring (bicyclic) bond motifs is 2. The van der Waals surface area contributed by atoms with Gasteiger partial charge in [0.25, 0.3) is 5.91 Å². The number of carbonyl (C=O) groups is 2. The maximum atomic E-state index is 12.5. The summed E-state index contributed by atoms with van der Waals surface area (Å²) in [5.74, 6) is 1.30. The fourth-order valence-corrected chi connectivity index (χ4v) is 3.50. The molecule has 28 heavy (non-hydrogen) atoms. The number of para-hydroxylation sites is 2. The maximum Gasteiger partial charge on any atom is 0.267 e. The molecule has 2 heterocycles. The summed E-state index contributed by atoms with van der Waals surface area (Å²) >= 11 is 0. The van der Waals surface area contributed by atoms with Gasteiger partial charge in [-0.25, -0.2) is 4.98 Å². The minimum Gasteiger partial charge on any atom is -0.479 e. The molecule has 0 radical (unpaired) electrons. The number of hydrogen-bond donors (Lipinski definition) is 1. The smallest absolute Gasteiger partial charge is 0.267 e. The third-order valence-corrected chi connectivity index (χ3v) is 4.99. The van der Waals surface area contributed by atoms with E-state index in [0.29, 0.717) is 30.1 Å². The lowest BCUT2D eigenvalue weighted by Crippen LogP contribution is -2.41. The van der Waals surface area contributed by atoms with Crippen molar-refractivity contribution in [1.82, 2.24) is 9.55 Å². The van der Waals surface area contributed by atoms with E-state index in [-0.39, 0.29) is 11.8 Å². The first kappa shape index (κ1) is 18.0. The van der Waals surface area contributed by atoms with Crippen molar-refractivity contribution in [3.8, 4) is 5.75 Å². The molecule has 7 nitrogen and oxygen atoms in total. The van der Waals surface area contributed by atoms with Crippen LogP contribution in [0.15, 0.2) is 42.5 Å². The number of nitrogens with one attached hydrogen (secondary N) is 1. The number of aryl methyl sites for hydroxylation is 2. The highest BCUT2D eigenvalue weighted by atomic mass is 16.5. The first-order chi connectivity index (χ1) is 13.4. The number of aromatic nitrogens is 2. The second-order valence-corrected chi connectivity index (χ2v) is 6.94. The van der Waals surface area contributed by atoms with Crippen LogP contribution in [0.4, 0.5) is 11.4 Å². The Morgan fingerprint density at radius 1 is 1.25 bits per heavy atom. The number of hydrogen-bond acceptors (Lipinski definition) is 4. The van der Waals surface area contributed by atoms with Crippen LogP contribution in [0.25, 0.3) is 11.0 Å². The highest BCUT2D eigenvalue weighted by Crippen LogP contribution is 2.35. The topological polar surface area (TPSA) is 76.5 Å². The Labute approximate surface area is 162 Å². The van der Waals surface area contributed by atoms with Crippen LogP contribution in [0, 0.1) is 6.92 Å². The van der Waals surface area contributed by atoms with Gasteiger partial charge >= 0.3 is 0 Å². The Balaban J connectivity index is 1.46. The van der Waals surface area contributed by atoms with Crippen LogP contribution < -0.4 is 15.0 Å². The Bertz CT molecular complexity index is 1070. The highest BCUT2D eigenvalue weighted by Gasteiger charge is 2.29. The molecule has 0 saturated carbocycles. The monoisotopic (exact) mass is 378 g/mol. The molecular formula is C21H22N4O3. The van der Waals surface area contributed by atoms with E-state index in [9.17, 15) is 9.59 Å². The van der Waals surface area contributed by atoms with Gasteiger partial charge in [0.1, 0.15) is 11.6 Å². The zero-order chi connectivity index (χ0) is 19.8. The molecular weight excluding hydrogens is 356 g/mol. The molecule has 1 aromatic heterocycles. The molecule has 1 N–H and O–H groups in total. The van der Waals surface area contributed by atoms with E-state index < -0.39 is 6.10 Å². The molecule has 3 aromatic rings. The molecule has 1 atom stereocenters. The van der Waals surface area contributed by atoms with Gasteiger partial charge in [0.2, 0.25) is 5.91 Å². The van der Waals surface area contributed by atoms with Crippen molar-refractivity contribution >= 4 is 34.2 Å². The predicted molar refractivity (Wildman–Crippen MR) is 108 cm³/mol. The van der Waals surface area contributed by atoms with Crippen molar-refractivity contribution in [1.29, 1.82) is 0 Å². The van der Waals surface area contributed by atoms with Gasteiger partial charge in [0.15, 0.2) is 6.10 Å². The average Bonchev–Trinajstić information content (AvgIpc) is 3.00. The van der Waals surface area contributed by atoms with E-state index in [4.69, 9.17) is 4.74 Å². The number of amides is 2. The first-order valence-corrected chi connectivity index (χ1v) is 9.24. The predicted octanol–water partition coefficient (Wildman–Crippen LogP) is 3.12. The van der Waals surface area contributed by atoms with E-state index in [0.717, 1.165) is 16.9 Å². The quantitative estimate of drug-likeness (QED) is 0.757. The Kier molecular flexibility index (Phi) is 4.50. The SMILES string of the molecule is Cc1nc2ccccc2n1CCC(=O)Nc1ccc2c(c1)N(C)C(=O)C(C)O2. The molecule has 0 spiro atoms. The van der Waals surface area contributed by atoms with E-state index in [1.807, 2.05) is 35.8 Å². The average molecular weight is 378 g/mol. The highest BCUT2D eigenvalue weighted by molar-refractivity contribution is 6.00. The molecule has 7 heteroatoms. The zero-order valence-electron chi connectivity index (χ0n) is 16.1.